The van der Waals surface area contributed by atoms with Gasteiger partial charge in [-0.3, -0.25) is 0 Å². The van der Waals surface area contributed by atoms with E-state index in [2.05, 4.69) is 11.8 Å². The second-order valence-corrected chi connectivity index (χ2v) is 3.60. The number of likely N-dealkylation sites (tertiary alicyclic amines) is 1. The molecular formula is C9H19NO2. The van der Waals surface area contributed by atoms with Crippen molar-refractivity contribution in [2.45, 2.75) is 19.4 Å². The van der Waals surface area contributed by atoms with Gasteiger partial charge in [0.1, 0.15) is 0 Å². The van der Waals surface area contributed by atoms with Gasteiger partial charge in [0.05, 0.1) is 12.7 Å². The van der Waals surface area contributed by atoms with Crippen LogP contribution in [0.4, 0.5) is 0 Å². The maximum absolute atomic E-state index is 9.38. The molecule has 1 heterocycles. The van der Waals surface area contributed by atoms with E-state index >= 15 is 0 Å². The first-order chi connectivity index (χ1) is 5.76. The maximum Gasteiger partial charge on any atom is 0.0900 e. The largest absolute Gasteiger partial charge is 0.389 e. The quantitative estimate of drug-likeness (QED) is 0.650. The van der Waals surface area contributed by atoms with Gasteiger partial charge in [-0.25, -0.2) is 0 Å². The van der Waals surface area contributed by atoms with E-state index < -0.39 is 0 Å². The molecule has 0 saturated carbocycles. The minimum absolute atomic E-state index is 0.312. The summed E-state index contributed by atoms with van der Waals surface area (Å²) in [5.74, 6) is 0.861. The van der Waals surface area contributed by atoms with E-state index in [4.69, 9.17) is 4.74 Å². The van der Waals surface area contributed by atoms with E-state index in [0.717, 1.165) is 25.6 Å². The molecule has 1 aliphatic heterocycles. The Morgan fingerprint density at radius 3 is 2.75 bits per heavy atom. The number of β-amino-alcohol motifs (C(OH)–C–C–N with tert-alkyl or cyclic N) is 1. The Labute approximate surface area is 74.3 Å². The number of ether oxygens (including phenoxy) is 1. The van der Waals surface area contributed by atoms with E-state index in [1.807, 2.05) is 0 Å². The van der Waals surface area contributed by atoms with Crippen molar-refractivity contribution in [2.75, 3.05) is 33.4 Å². The standard InChI is InChI=1S/C9H19NO2/c1-3-8-4-10(5-8)6-9(11)7-12-2/h8-9,11H,3-7H2,1-2H3. The molecule has 0 radical (unpaired) electrons. The summed E-state index contributed by atoms with van der Waals surface area (Å²) in [5.41, 5.74) is 0. The minimum atomic E-state index is -0.312. The highest BCUT2D eigenvalue weighted by atomic mass is 16.5. The lowest BCUT2D eigenvalue weighted by atomic mass is 9.97. The van der Waals surface area contributed by atoms with Crippen molar-refractivity contribution in [1.82, 2.24) is 4.90 Å². The summed E-state index contributed by atoms with van der Waals surface area (Å²) in [4.78, 5) is 2.28. The highest BCUT2D eigenvalue weighted by Crippen LogP contribution is 2.18. The van der Waals surface area contributed by atoms with Gasteiger partial charge in [-0.15, -0.1) is 0 Å². The molecule has 0 spiro atoms. The summed E-state index contributed by atoms with van der Waals surface area (Å²) in [6.45, 7) is 5.74. The van der Waals surface area contributed by atoms with Gasteiger partial charge >= 0.3 is 0 Å². The summed E-state index contributed by atoms with van der Waals surface area (Å²) in [6, 6.07) is 0. The summed E-state index contributed by atoms with van der Waals surface area (Å²) in [5, 5.41) is 9.38. The molecule has 0 amide bonds. The van der Waals surface area contributed by atoms with Crippen LogP contribution in [0.1, 0.15) is 13.3 Å². The number of hydrogen-bond acceptors (Lipinski definition) is 3. The van der Waals surface area contributed by atoms with E-state index in [0.29, 0.717) is 6.61 Å². The van der Waals surface area contributed by atoms with Crippen molar-refractivity contribution >= 4 is 0 Å². The molecule has 3 heteroatoms. The molecule has 0 aromatic heterocycles. The van der Waals surface area contributed by atoms with Crippen LogP contribution in [0.2, 0.25) is 0 Å². The number of aliphatic hydroxyl groups excluding tert-OH is 1. The number of aliphatic hydroxyl groups is 1. The Balaban J connectivity index is 2.02. The molecule has 1 saturated heterocycles. The zero-order chi connectivity index (χ0) is 8.97. The second-order valence-electron chi connectivity index (χ2n) is 3.60. The Bertz CT molecular complexity index is 124. The van der Waals surface area contributed by atoms with Crippen molar-refractivity contribution in [2.24, 2.45) is 5.92 Å². The van der Waals surface area contributed by atoms with Crippen LogP contribution < -0.4 is 0 Å². The van der Waals surface area contributed by atoms with Crippen molar-refractivity contribution in [3.05, 3.63) is 0 Å². The fraction of sp³-hybridized carbons (Fsp3) is 1.00. The predicted molar refractivity (Wildman–Crippen MR) is 48.1 cm³/mol. The smallest absolute Gasteiger partial charge is 0.0900 e. The van der Waals surface area contributed by atoms with Gasteiger partial charge in [0.25, 0.3) is 0 Å². The zero-order valence-corrected chi connectivity index (χ0v) is 7.99. The van der Waals surface area contributed by atoms with E-state index in [1.54, 1.807) is 7.11 Å². The summed E-state index contributed by atoms with van der Waals surface area (Å²) in [6.07, 6.45) is 0.949. The molecule has 0 aromatic carbocycles. The lowest BCUT2D eigenvalue weighted by Crippen LogP contribution is -2.49. The van der Waals surface area contributed by atoms with Crippen molar-refractivity contribution < 1.29 is 9.84 Å². The maximum atomic E-state index is 9.38. The molecule has 1 N–H and O–H groups in total. The molecule has 1 fully saturated rings. The molecule has 0 aromatic rings. The molecule has 72 valence electrons. The Kier molecular flexibility index (Phi) is 3.98. The van der Waals surface area contributed by atoms with Crippen LogP contribution in [0.15, 0.2) is 0 Å². The van der Waals surface area contributed by atoms with Gasteiger partial charge in [0, 0.05) is 26.7 Å². The first kappa shape index (κ1) is 9.96. The monoisotopic (exact) mass is 173 g/mol. The second kappa shape index (κ2) is 4.80. The molecule has 0 aliphatic carbocycles. The third kappa shape index (κ3) is 2.73. The van der Waals surface area contributed by atoms with Gasteiger partial charge in [-0.2, -0.15) is 0 Å². The Morgan fingerprint density at radius 1 is 1.58 bits per heavy atom. The molecule has 3 nitrogen and oxygen atoms in total. The normalized spacial score (nSPS) is 22.2. The van der Waals surface area contributed by atoms with Crippen LogP contribution >= 0.6 is 0 Å². The average Bonchev–Trinajstić information content (AvgIpc) is 1.96. The minimum Gasteiger partial charge on any atom is -0.389 e. The van der Waals surface area contributed by atoms with Gasteiger partial charge in [0.2, 0.25) is 0 Å². The predicted octanol–water partition coefficient (Wildman–Crippen LogP) is 0.335. The number of nitrogens with zero attached hydrogens (tertiary/aromatic N) is 1. The lowest BCUT2D eigenvalue weighted by molar-refractivity contribution is 0.00251. The number of methoxy groups -OCH3 is 1. The summed E-state index contributed by atoms with van der Waals surface area (Å²) in [7, 11) is 1.62. The molecule has 1 rings (SSSR count). The van der Waals surface area contributed by atoms with Gasteiger partial charge in [-0.1, -0.05) is 13.3 Å². The Hall–Kier alpha value is -0.120. The summed E-state index contributed by atoms with van der Waals surface area (Å²) < 4.78 is 4.85. The van der Waals surface area contributed by atoms with Crippen molar-refractivity contribution in [3.8, 4) is 0 Å². The van der Waals surface area contributed by atoms with E-state index in [1.165, 1.54) is 6.42 Å². The average molecular weight is 173 g/mol. The summed E-state index contributed by atoms with van der Waals surface area (Å²) >= 11 is 0. The van der Waals surface area contributed by atoms with E-state index in [-0.39, 0.29) is 6.10 Å². The fourth-order valence-corrected chi connectivity index (χ4v) is 1.63. The zero-order valence-electron chi connectivity index (χ0n) is 7.99. The molecule has 1 atom stereocenters. The third-order valence-electron chi connectivity index (χ3n) is 2.44. The van der Waals surface area contributed by atoms with Crippen molar-refractivity contribution in [3.63, 3.8) is 0 Å². The van der Waals surface area contributed by atoms with Gasteiger partial charge in [-0.05, 0) is 5.92 Å². The highest BCUT2D eigenvalue weighted by Gasteiger charge is 2.26. The van der Waals surface area contributed by atoms with Crippen LogP contribution in [0.25, 0.3) is 0 Å². The van der Waals surface area contributed by atoms with Crippen LogP contribution in [-0.4, -0.2) is 49.5 Å². The topological polar surface area (TPSA) is 32.7 Å². The van der Waals surface area contributed by atoms with Crippen LogP contribution in [0.3, 0.4) is 0 Å². The first-order valence-electron chi connectivity index (χ1n) is 4.65. The number of hydrogen-bond donors (Lipinski definition) is 1. The molecular weight excluding hydrogens is 154 g/mol. The van der Waals surface area contributed by atoms with Gasteiger partial charge < -0.3 is 14.7 Å². The molecule has 1 unspecified atom stereocenters. The highest BCUT2D eigenvalue weighted by molar-refractivity contribution is 4.80. The van der Waals surface area contributed by atoms with Crippen LogP contribution in [0, 0.1) is 5.92 Å². The molecule has 0 bridgehead atoms. The van der Waals surface area contributed by atoms with E-state index in [9.17, 15) is 5.11 Å². The number of rotatable bonds is 5. The first-order valence-corrected chi connectivity index (χ1v) is 4.65. The van der Waals surface area contributed by atoms with Crippen LogP contribution in [-0.2, 0) is 4.74 Å². The molecule has 12 heavy (non-hydrogen) atoms. The van der Waals surface area contributed by atoms with Crippen LogP contribution in [0.5, 0.6) is 0 Å². The van der Waals surface area contributed by atoms with Gasteiger partial charge in [0.15, 0.2) is 0 Å². The SMILES string of the molecule is CCC1CN(CC(O)COC)C1. The fourth-order valence-electron chi connectivity index (χ4n) is 1.63. The Morgan fingerprint density at radius 2 is 2.25 bits per heavy atom. The third-order valence-corrected chi connectivity index (χ3v) is 2.44. The molecule has 1 aliphatic rings. The lowest BCUT2D eigenvalue weighted by Gasteiger charge is -2.39. The van der Waals surface area contributed by atoms with Crippen molar-refractivity contribution in [1.29, 1.82) is 0 Å².